The number of piperidine rings is 1. The summed E-state index contributed by atoms with van der Waals surface area (Å²) in [7, 11) is 0. The van der Waals surface area contributed by atoms with Gasteiger partial charge in [0.25, 0.3) is 0 Å². The minimum atomic E-state index is -0.444. The molecule has 1 fully saturated rings. The average Bonchev–Trinajstić information content (AvgIpc) is 2.39. The molecular weight excluding hydrogens is 210 g/mol. The molecule has 2 heteroatoms. The molecule has 1 aliphatic rings. The zero-order chi connectivity index (χ0) is 12.3. The number of para-hydroxylation sites is 1. The van der Waals surface area contributed by atoms with Gasteiger partial charge in [-0.3, -0.25) is 0 Å². The number of hydrogen-bond donors (Lipinski definition) is 1. The first-order valence-corrected chi connectivity index (χ1v) is 6.68. The quantitative estimate of drug-likeness (QED) is 0.867. The zero-order valence-electron chi connectivity index (χ0n) is 10.9. The summed E-state index contributed by atoms with van der Waals surface area (Å²) in [6.07, 6.45) is 2.83. The van der Waals surface area contributed by atoms with Crippen molar-refractivity contribution < 1.29 is 5.11 Å². The molecule has 1 saturated heterocycles. The Bertz CT molecular complexity index is 341. The van der Waals surface area contributed by atoms with E-state index < -0.39 is 5.60 Å². The molecule has 2 nitrogen and oxygen atoms in total. The maximum Gasteiger partial charge on any atom is 0.0706 e. The van der Waals surface area contributed by atoms with Crippen LogP contribution in [0, 0.1) is 5.92 Å². The highest BCUT2D eigenvalue weighted by Gasteiger charge is 2.36. The Balaban J connectivity index is 1.99. The van der Waals surface area contributed by atoms with Crippen LogP contribution >= 0.6 is 0 Å². The maximum absolute atomic E-state index is 10.6. The Morgan fingerprint density at radius 2 is 1.82 bits per heavy atom. The molecule has 0 aliphatic carbocycles. The van der Waals surface area contributed by atoms with E-state index in [0.717, 1.165) is 32.4 Å². The van der Waals surface area contributed by atoms with Crippen molar-refractivity contribution in [1.82, 2.24) is 0 Å². The van der Waals surface area contributed by atoms with Crippen molar-refractivity contribution in [2.75, 3.05) is 18.0 Å². The van der Waals surface area contributed by atoms with Crippen molar-refractivity contribution in [3.05, 3.63) is 30.3 Å². The first-order chi connectivity index (χ1) is 8.15. The summed E-state index contributed by atoms with van der Waals surface area (Å²) in [5.41, 5.74) is 0.832. The van der Waals surface area contributed by atoms with Crippen LogP contribution in [0.25, 0.3) is 0 Å². The molecule has 1 atom stereocenters. The fourth-order valence-electron chi connectivity index (χ4n) is 2.66. The standard InChI is InChI=1S/C15H23NO/c1-3-13(2)15(17)9-11-16(12-10-15)14-7-5-4-6-8-14/h4-8,13,17H,3,9-12H2,1-2H3. The lowest BCUT2D eigenvalue weighted by Crippen LogP contribution is -2.48. The van der Waals surface area contributed by atoms with Gasteiger partial charge in [-0.05, 0) is 30.9 Å². The Kier molecular flexibility index (Phi) is 3.72. The second-order valence-corrected chi connectivity index (χ2v) is 5.24. The van der Waals surface area contributed by atoms with E-state index in [4.69, 9.17) is 0 Å². The molecule has 1 aliphatic heterocycles. The zero-order valence-corrected chi connectivity index (χ0v) is 10.9. The first-order valence-electron chi connectivity index (χ1n) is 6.68. The van der Waals surface area contributed by atoms with Gasteiger partial charge >= 0.3 is 0 Å². The van der Waals surface area contributed by atoms with Crippen molar-refractivity contribution in [2.45, 2.75) is 38.7 Å². The van der Waals surface area contributed by atoms with Gasteiger partial charge < -0.3 is 10.0 Å². The Morgan fingerprint density at radius 3 is 2.35 bits per heavy atom. The second kappa shape index (κ2) is 5.09. The monoisotopic (exact) mass is 233 g/mol. The number of aliphatic hydroxyl groups is 1. The first kappa shape index (κ1) is 12.4. The summed E-state index contributed by atoms with van der Waals surface area (Å²) in [5, 5.41) is 10.6. The molecular formula is C15H23NO. The summed E-state index contributed by atoms with van der Waals surface area (Å²) in [6, 6.07) is 10.5. The number of nitrogens with zero attached hydrogens (tertiary/aromatic N) is 1. The summed E-state index contributed by atoms with van der Waals surface area (Å²) in [4.78, 5) is 2.37. The molecule has 1 heterocycles. The van der Waals surface area contributed by atoms with E-state index in [0.29, 0.717) is 5.92 Å². The van der Waals surface area contributed by atoms with Crippen LogP contribution in [0.4, 0.5) is 5.69 Å². The highest BCUT2D eigenvalue weighted by molar-refractivity contribution is 5.46. The maximum atomic E-state index is 10.6. The predicted octanol–water partition coefficient (Wildman–Crippen LogP) is 3.06. The number of benzene rings is 1. The lowest BCUT2D eigenvalue weighted by atomic mass is 9.79. The van der Waals surface area contributed by atoms with Gasteiger partial charge in [-0.15, -0.1) is 0 Å². The van der Waals surface area contributed by atoms with Crippen molar-refractivity contribution in [3.8, 4) is 0 Å². The van der Waals surface area contributed by atoms with Crippen molar-refractivity contribution in [3.63, 3.8) is 0 Å². The molecule has 1 aromatic carbocycles. The smallest absolute Gasteiger partial charge is 0.0706 e. The van der Waals surface area contributed by atoms with Crippen LogP contribution in [0.2, 0.25) is 0 Å². The molecule has 1 unspecified atom stereocenters. The number of rotatable bonds is 3. The van der Waals surface area contributed by atoms with Crippen LogP contribution in [0.15, 0.2) is 30.3 Å². The van der Waals surface area contributed by atoms with Gasteiger partial charge in [0, 0.05) is 18.8 Å². The Hall–Kier alpha value is -1.02. The third-order valence-corrected chi connectivity index (χ3v) is 4.28. The van der Waals surface area contributed by atoms with Crippen LogP contribution in [0.1, 0.15) is 33.1 Å². The largest absolute Gasteiger partial charge is 0.389 e. The van der Waals surface area contributed by atoms with Crippen molar-refractivity contribution in [2.24, 2.45) is 5.92 Å². The van der Waals surface area contributed by atoms with E-state index in [1.807, 2.05) is 6.07 Å². The average molecular weight is 233 g/mol. The molecule has 94 valence electrons. The highest BCUT2D eigenvalue weighted by Crippen LogP contribution is 2.33. The fraction of sp³-hybridized carbons (Fsp3) is 0.600. The summed E-state index contributed by atoms with van der Waals surface area (Å²) < 4.78 is 0. The van der Waals surface area contributed by atoms with Crippen LogP contribution < -0.4 is 4.90 Å². The van der Waals surface area contributed by atoms with Gasteiger partial charge in [0.2, 0.25) is 0 Å². The molecule has 0 radical (unpaired) electrons. The summed E-state index contributed by atoms with van der Waals surface area (Å²) in [6.45, 7) is 6.25. The molecule has 1 N–H and O–H groups in total. The molecule has 0 aromatic heterocycles. The third-order valence-electron chi connectivity index (χ3n) is 4.28. The van der Waals surface area contributed by atoms with E-state index in [1.54, 1.807) is 0 Å². The topological polar surface area (TPSA) is 23.5 Å². The minimum Gasteiger partial charge on any atom is -0.389 e. The van der Waals surface area contributed by atoms with Gasteiger partial charge in [-0.1, -0.05) is 38.5 Å². The van der Waals surface area contributed by atoms with E-state index in [-0.39, 0.29) is 0 Å². The van der Waals surface area contributed by atoms with Gasteiger partial charge in [0.15, 0.2) is 0 Å². The molecule has 0 saturated carbocycles. The molecule has 2 rings (SSSR count). The molecule has 0 spiro atoms. The third kappa shape index (κ3) is 2.63. The van der Waals surface area contributed by atoms with Crippen LogP contribution in [-0.4, -0.2) is 23.8 Å². The van der Waals surface area contributed by atoms with E-state index >= 15 is 0 Å². The van der Waals surface area contributed by atoms with Crippen LogP contribution in [0.5, 0.6) is 0 Å². The Morgan fingerprint density at radius 1 is 1.24 bits per heavy atom. The van der Waals surface area contributed by atoms with Gasteiger partial charge in [-0.2, -0.15) is 0 Å². The van der Waals surface area contributed by atoms with Gasteiger partial charge in [0.1, 0.15) is 0 Å². The molecule has 1 aromatic rings. The van der Waals surface area contributed by atoms with E-state index in [1.165, 1.54) is 5.69 Å². The van der Waals surface area contributed by atoms with Crippen LogP contribution in [-0.2, 0) is 0 Å². The van der Waals surface area contributed by atoms with Gasteiger partial charge in [-0.25, -0.2) is 0 Å². The summed E-state index contributed by atoms with van der Waals surface area (Å²) in [5.74, 6) is 0.403. The normalized spacial score (nSPS) is 21.2. The molecule has 17 heavy (non-hydrogen) atoms. The van der Waals surface area contributed by atoms with Gasteiger partial charge in [0.05, 0.1) is 5.60 Å². The lowest BCUT2D eigenvalue weighted by molar-refractivity contribution is -0.0338. The fourth-order valence-corrected chi connectivity index (χ4v) is 2.66. The van der Waals surface area contributed by atoms with E-state index in [2.05, 4.69) is 43.0 Å². The predicted molar refractivity (Wildman–Crippen MR) is 72.3 cm³/mol. The summed E-state index contributed by atoms with van der Waals surface area (Å²) >= 11 is 0. The highest BCUT2D eigenvalue weighted by atomic mass is 16.3. The molecule has 0 bridgehead atoms. The number of hydrogen-bond acceptors (Lipinski definition) is 2. The minimum absolute atomic E-state index is 0.403. The van der Waals surface area contributed by atoms with Crippen molar-refractivity contribution >= 4 is 5.69 Å². The lowest BCUT2D eigenvalue weighted by Gasteiger charge is -2.42. The number of anilines is 1. The SMILES string of the molecule is CCC(C)C1(O)CCN(c2ccccc2)CC1. The molecule has 0 amide bonds. The van der Waals surface area contributed by atoms with Crippen molar-refractivity contribution in [1.29, 1.82) is 0 Å². The van der Waals surface area contributed by atoms with Crippen LogP contribution in [0.3, 0.4) is 0 Å². The van der Waals surface area contributed by atoms with E-state index in [9.17, 15) is 5.11 Å². The Labute approximate surface area is 104 Å². The second-order valence-electron chi connectivity index (χ2n) is 5.24.